The Labute approximate surface area is 202 Å². The number of rotatable bonds is 7. The summed E-state index contributed by atoms with van der Waals surface area (Å²) < 4.78 is 3.54. The number of anilines is 1. The molecule has 9 nitrogen and oxygen atoms in total. The molecule has 1 unspecified atom stereocenters. The van der Waals surface area contributed by atoms with Crippen LogP contribution in [0.5, 0.6) is 0 Å². The second-order valence-electron chi connectivity index (χ2n) is 9.12. The van der Waals surface area contributed by atoms with Crippen molar-refractivity contribution in [1.29, 1.82) is 0 Å². The van der Waals surface area contributed by atoms with Gasteiger partial charge >= 0.3 is 0 Å². The fourth-order valence-electron chi connectivity index (χ4n) is 4.60. The Morgan fingerprint density at radius 1 is 1.11 bits per heavy atom. The van der Waals surface area contributed by atoms with Gasteiger partial charge in [-0.3, -0.25) is 14.5 Å². The second-order valence-corrected chi connectivity index (χ2v) is 9.12. The Balaban J connectivity index is 1.13. The molecule has 1 aliphatic rings. The highest BCUT2D eigenvalue weighted by atomic mass is 16.1. The molecule has 0 saturated heterocycles. The lowest BCUT2D eigenvalue weighted by atomic mass is 10.1. The molecule has 0 spiro atoms. The summed E-state index contributed by atoms with van der Waals surface area (Å²) in [4.78, 5) is 22.3. The highest BCUT2D eigenvalue weighted by Gasteiger charge is 2.39. The van der Waals surface area contributed by atoms with Gasteiger partial charge in [0.15, 0.2) is 5.65 Å². The number of para-hydroxylation sites is 1. The summed E-state index contributed by atoms with van der Waals surface area (Å²) in [6.45, 7) is 3.12. The first-order valence-electron chi connectivity index (χ1n) is 11.8. The molecule has 4 aromatic heterocycles. The van der Waals surface area contributed by atoms with E-state index in [9.17, 15) is 4.79 Å². The van der Waals surface area contributed by atoms with Gasteiger partial charge in [0, 0.05) is 42.7 Å². The smallest absolute Gasteiger partial charge is 0.270 e. The van der Waals surface area contributed by atoms with E-state index in [0.717, 1.165) is 34.4 Å². The Bertz CT molecular complexity index is 1550. The summed E-state index contributed by atoms with van der Waals surface area (Å²) in [7, 11) is 1.91. The van der Waals surface area contributed by atoms with Gasteiger partial charge in [0.2, 0.25) is 0 Å². The lowest BCUT2D eigenvalue weighted by Crippen LogP contribution is -2.27. The number of carbonyl (C=O) groups excluding carboxylic acids is 1. The molecule has 4 heterocycles. The monoisotopic (exact) mass is 466 g/mol. The van der Waals surface area contributed by atoms with Crippen LogP contribution < -0.4 is 10.6 Å². The first-order valence-corrected chi connectivity index (χ1v) is 11.8. The molecule has 176 valence electrons. The molecule has 5 aromatic rings. The number of aryl methyl sites for hydroxylation is 2. The van der Waals surface area contributed by atoms with Gasteiger partial charge in [-0.15, -0.1) is 0 Å². The summed E-state index contributed by atoms with van der Waals surface area (Å²) in [6.07, 6.45) is 2.70. The van der Waals surface area contributed by atoms with Crippen LogP contribution >= 0.6 is 0 Å². The number of nitrogens with one attached hydrogen (secondary N) is 2. The van der Waals surface area contributed by atoms with E-state index < -0.39 is 0 Å². The standard InChI is InChI=1S/C26H26N8O/c1-16-11-19(33(2)32-16)15-27-25-13-23(31-24-9-10-29-34(24)25)26(35)28-14-18-12-20(18)22-8-7-17-5-3-4-6-21(17)30-22/h3-11,13,18,20,27H,12,14-15H2,1-2H3,(H,28,35)/t18-,20?/m1/s1. The van der Waals surface area contributed by atoms with Crippen molar-refractivity contribution < 1.29 is 4.79 Å². The molecule has 9 heteroatoms. The Hall–Kier alpha value is -4.27. The third-order valence-corrected chi connectivity index (χ3v) is 6.59. The normalized spacial score (nSPS) is 17.1. The van der Waals surface area contributed by atoms with Crippen molar-refractivity contribution in [2.45, 2.75) is 25.8 Å². The average Bonchev–Trinajstić information content (AvgIpc) is 3.35. The van der Waals surface area contributed by atoms with E-state index >= 15 is 0 Å². The molecule has 1 amide bonds. The zero-order valence-corrected chi connectivity index (χ0v) is 19.6. The zero-order chi connectivity index (χ0) is 23.9. The summed E-state index contributed by atoms with van der Waals surface area (Å²) >= 11 is 0. The number of benzene rings is 1. The van der Waals surface area contributed by atoms with Crippen LogP contribution in [0, 0.1) is 12.8 Å². The van der Waals surface area contributed by atoms with Crippen molar-refractivity contribution >= 4 is 28.3 Å². The Morgan fingerprint density at radius 3 is 2.86 bits per heavy atom. The van der Waals surface area contributed by atoms with Crippen LogP contribution in [0.1, 0.15) is 39.9 Å². The average molecular weight is 467 g/mol. The molecular weight excluding hydrogens is 440 g/mol. The molecule has 6 rings (SSSR count). The predicted molar refractivity (Wildman–Crippen MR) is 133 cm³/mol. The van der Waals surface area contributed by atoms with Crippen molar-refractivity contribution in [3.63, 3.8) is 0 Å². The Morgan fingerprint density at radius 2 is 2.00 bits per heavy atom. The largest absolute Gasteiger partial charge is 0.364 e. The zero-order valence-electron chi connectivity index (χ0n) is 19.6. The molecule has 1 aliphatic carbocycles. The van der Waals surface area contributed by atoms with Crippen molar-refractivity contribution in [3.8, 4) is 0 Å². The first-order chi connectivity index (χ1) is 17.0. The van der Waals surface area contributed by atoms with Crippen LogP contribution in [-0.2, 0) is 13.6 Å². The number of hydrogen-bond donors (Lipinski definition) is 2. The summed E-state index contributed by atoms with van der Waals surface area (Å²) in [5.74, 6) is 1.28. The third kappa shape index (κ3) is 4.21. The number of aromatic nitrogens is 6. The van der Waals surface area contributed by atoms with E-state index in [2.05, 4.69) is 44.0 Å². The van der Waals surface area contributed by atoms with Crippen molar-refractivity contribution in [2.75, 3.05) is 11.9 Å². The molecule has 0 aliphatic heterocycles. The van der Waals surface area contributed by atoms with Gasteiger partial charge in [0.1, 0.15) is 11.5 Å². The van der Waals surface area contributed by atoms with Crippen molar-refractivity contribution in [2.24, 2.45) is 13.0 Å². The first kappa shape index (κ1) is 21.3. The molecule has 2 atom stereocenters. The van der Waals surface area contributed by atoms with Crippen LogP contribution in [0.25, 0.3) is 16.6 Å². The highest BCUT2D eigenvalue weighted by molar-refractivity contribution is 5.93. The van der Waals surface area contributed by atoms with E-state index in [1.807, 2.05) is 42.9 Å². The molecular formula is C26H26N8O. The van der Waals surface area contributed by atoms with Crippen LogP contribution in [0.2, 0.25) is 0 Å². The van der Waals surface area contributed by atoms with E-state index in [4.69, 9.17) is 4.98 Å². The summed E-state index contributed by atoms with van der Waals surface area (Å²) in [5, 5.41) is 16.3. The summed E-state index contributed by atoms with van der Waals surface area (Å²) in [6, 6.07) is 17.9. The second kappa shape index (κ2) is 8.50. The van der Waals surface area contributed by atoms with Gasteiger partial charge in [-0.05, 0) is 37.5 Å². The van der Waals surface area contributed by atoms with Crippen LogP contribution in [0.3, 0.4) is 0 Å². The molecule has 0 radical (unpaired) electrons. The molecule has 0 bridgehead atoms. The fourth-order valence-corrected chi connectivity index (χ4v) is 4.60. The third-order valence-electron chi connectivity index (χ3n) is 6.59. The minimum Gasteiger partial charge on any atom is -0.364 e. The van der Waals surface area contributed by atoms with E-state index in [1.165, 1.54) is 0 Å². The van der Waals surface area contributed by atoms with Crippen molar-refractivity contribution in [1.82, 2.24) is 34.7 Å². The van der Waals surface area contributed by atoms with Gasteiger partial charge in [-0.25, -0.2) is 4.98 Å². The molecule has 1 saturated carbocycles. The maximum absolute atomic E-state index is 13.0. The molecule has 1 fully saturated rings. The van der Waals surface area contributed by atoms with Crippen molar-refractivity contribution in [3.05, 3.63) is 83.6 Å². The quantitative estimate of drug-likeness (QED) is 0.381. The van der Waals surface area contributed by atoms with Crippen LogP contribution in [-0.4, -0.2) is 41.8 Å². The SMILES string of the molecule is Cc1cc(CNc2cc(C(=O)NC[C@H]3CC3c3ccc4ccccc4n3)nc3ccnn23)n(C)n1. The number of carbonyl (C=O) groups is 1. The number of nitrogens with zero attached hydrogens (tertiary/aromatic N) is 6. The minimum atomic E-state index is -0.190. The lowest BCUT2D eigenvalue weighted by Gasteiger charge is -2.11. The van der Waals surface area contributed by atoms with Gasteiger partial charge < -0.3 is 10.6 Å². The van der Waals surface area contributed by atoms with E-state index in [0.29, 0.717) is 42.1 Å². The van der Waals surface area contributed by atoms with Gasteiger partial charge in [0.25, 0.3) is 5.91 Å². The fraction of sp³-hybridized carbons (Fsp3) is 0.269. The number of fused-ring (bicyclic) bond motifs is 2. The number of pyridine rings is 1. The van der Waals surface area contributed by atoms with Crippen LogP contribution in [0.15, 0.2) is 60.8 Å². The van der Waals surface area contributed by atoms with Gasteiger partial charge in [-0.2, -0.15) is 14.7 Å². The predicted octanol–water partition coefficient (Wildman–Crippen LogP) is 3.47. The maximum Gasteiger partial charge on any atom is 0.270 e. The van der Waals surface area contributed by atoms with Gasteiger partial charge in [-0.1, -0.05) is 24.3 Å². The maximum atomic E-state index is 13.0. The Kier molecular flexibility index (Phi) is 5.17. The minimum absolute atomic E-state index is 0.190. The topological polar surface area (TPSA) is 102 Å². The molecule has 2 N–H and O–H groups in total. The lowest BCUT2D eigenvalue weighted by molar-refractivity contribution is 0.0946. The highest BCUT2D eigenvalue weighted by Crippen LogP contribution is 2.46. The number of hydrogen-bond acceptors (Lipinski definition) is 6. The molecule has 35 heavy (non-hydrogen) atoms. The van der Waals surface area contributed by atoms with E-state index in [-0.39, 0.29) is 5.91 Å². The van der Waals surface area contributed by atoms with E-state index in [1.54, 1.807) is 22.8 Å². The number of amides is 1. The summed E-state index contributed by atoms with van der Waals surface area (Å²) in [5.41, 5.74) is 5.08. The van der Waals surface area contributed by atoms with Gasteiger partial charge in [0.05, 0.1) is 29.6 Å². The van der Waals surface area contributed by atoms with Crippen LogP contribution in [0.4, 0.5) is 5.82 Å². The molecule has 1 aromatic carbocycles.